The average Bonchev–Trinajstić information content (AvgIpc) is 2.26. The molecule has 1 aromatic carbocycles. The van der Waals surface area contributed by atoms with Crippen LogP contribution in [-0.2, 0) is 0 Å². The highest BCUT2D eigenvalue weighted by Crippen LogP contribution is 2.35. The first-order valence-corrected chi connectivity index (χ1v) is 6.49. The molecule has 0 spiro atoms. The van der Waals surface area contributed by atoms with Gasteiger partial charge in [0.05, 0.1) is 18.1 Å². The Morgan fingerprint density at radius 2 is 2.05 bits per heavy atom. The Morgan fingerprint density at radius 1 is 1.37 bits per heavy atom. The standard InChI is InChI=1S/C15H20O4/c1-9(16)10(2)18-11-5-6-12-13(17)8-15(3,4)19-14(12)7-11/h5-7,9-10,16H,8H2,1-4H3. The predicted molar refractivity (Wildman–Crippen MR) is 71.9 cm³/mol. The lowest BCUT2D eigenvalue weighted by atomic mass is 9.93. The molecule has 2 atom stereocenters. The van der Waals surface area contributed by atoms with Crippen LogP contribution in [0, 0.1) is 0 Å². The number of carbonyl (C=O) groups excluding carboxylic acids is 1. The lowest BCUT2D eigenvalue weighted by Gasteiger charge is -2.31. The molecule has 1 aliphatic heterocycles. The molecule has 1 aromatic rings. The smallest absolute Gasteiger partial charge is 0.170 e. The molecule has 4 nitrogen and oxygen atoms in total. The summed E-state index contributed by atoms with van der Waals surface area (Å²) in [6.07, 6.45) is -0.495. The van der Waals surface area contributed by atoms with Crippen LogP contribution in [0.3, 0.4) is 0 Å². The van der Waals surface area contributed by atoms with Gasteiger partial charge in [-0.2, -0.15) is 0 Å². The third kappa shape index (κ3) is 3.07. The molecule has 104 valence electrons. The molecule has 1 aliphatic rings. The molecule has 0 saturated heterocycles. The fraction of sp³-hybridized carbons (Fsp3) is 0.533. The summed E-state index contributed by atoms with van der Waals surface area (Å²) in [6.45, 7) is 7.24. The minimum absolute atomic E-state index is 0.0846. The second-order valence-corrected chi connectivity index (χ2v) is 5.68. The molecule has 1 N–H and O–H groups in total. The minimum Gasteiger partial charge on any atom is -0.488 e. The van der Waals surface area contributed by atoms with Crippen molar-refractivity contribution in [3.63, 3.8) is 0 Å². The van der Waals surface area contributed by atoms with E-state index in [0.717, 1.165) is 0 Å². The van der Waals surface area contributed by atoms with Gasteiger partial charge < -0.3 is 14.6 Å². The maximum absolute atomic E-state index is 12.0. The third-order valence-corrected chi connectivity index (χ3v) is 3.23. The Morgan fingerprint density at radius 3 is 2.68 bits per heavy atom. The summed E-state index contributed by atoms with van der Waals surface area (Å²) in [5, 5.41) is 9.44. The van der Waals surface area contributed by atoms with Crippen molar-refractivity contribution in [2.75, 3.05) is 0 Å². The summed E-state index contributed by atoms with van der Waals surface area (Å²) in [5.41, 5.74) is 0.106. The maximum atomic E-state index is 12.0. The number of hydrogen-bond donors (Lipinski definition) is 1. The van der Waals surface area contributed by atoms with E-state index in [1.807, 2.05) is 13.8 Å². The number of fused-ring (bicyclic) bond motifs is 1. The van der Waals surface area contributed by atoms with Crippen LogP contribution in [0.2, 0.25) is 0 Å². The van der Waals surface area contributed by atoms with E-state index < -0.39 is 11.7 Å². The number of aliphatic hydroxyl groups excluding tert-OH is 1. The second-order valence-electron chi connectivity index (χ2n) is 5.68. The Balaban J connectivity index is 2.26. The minimum atomic E-state index is -0.560. The van der Waals surface area contributed by atoms with E-state index in [-0.39, 0.29) is 11.9 Å². The Labute approximate surface area is 113 Å². The van der Waals surface area contributed by atoms with Gasteiger partial charge in [0.2, 0.25) is 0 Å². The second kappa shape index (κ2) is 4.85. The molecule has 0 radical (unpaired) electrons. The van der Waals surface area contributed by atoms with Crippen LogP contribution in [0.15, 0.2) is 18.2 Å². The maximum Gasteiger partial charge on any atom is 0.170 e. The largest absolute Gasteiger partial charge is 0.488 e. The van der Waals surface area contributed by atoms with Crippen molar-refractivity contribution in [3.8, 4) is 11.5 Å². The monoisotopic (exact) mass is 264 g/mol. The molecule has 0 fully saturated rings. The number of hydrogen-bond acceptors (Lipinski definition) is 4. The SMILES string of the molecule is CC(O)C(C)Oc1ccc2c(c1)OC(C)(C)CC2=O. The molecule has 2 unspecified atom stereocenters. The number of ether oxygens (including phenoxy) is 2. The number of aliphatic hydroxyl groups is 1. The normalized spacial score (nSPS) is 20.2. The number of rotatable bonds is 3. The predicted octanol–water partition coefficient (Wildman–Crippen LogP) is 2.58. The zero-order chi connectivity index (χ0) is 14.2. The molecule has 0 aromatic heterocycles. The third-order valence-electron chi connectivity index (χ3n) is 3.23. The van der Waals surface area contributed by atoms with Crippen LogP contribution in [-0.4, -0.2) is 28.7 Å². The zero-order valence-corrected chi connectivity index (χ0v) is 11.8. The van der Waals surface area contributed by atoms with Gasteiger partial charge >= 0.3 is 0 Å². The lowest BCUT2D eigenvalue weighted by Crippen LogP contribution is -2.35. The molecule has 1 heterocycles. The molecule has 4 heteroatoms. The van der Waals surface area contributed by atoms with Crippen LogP contribution in [0.1, 0.15) is 44.5 Å². The van der Waals surface area contributed by atoms with Gasteiger partial charge in [-0.25, -0.2) is 0 Å². The number of ketones is 1. The van der Waals surface area contributed by atoms with E-state index in [2.05, 4.69) is 0 Å². The molecule has 0 aliphatic carbocycles. The van der Waals surface area contributed by atoms with E-state index >= 15 is 0 Å². The first-order valence-electron chi connectivity index (χ1n) is 6.49. The molecule has 19 heavy (non-hydrogen) atoms. The average molecular weight is 264 g/mol. The van der Waals surface area contributed by atoms with E-state index in [1.165, 1.54) is 0 Å². The van der Waals surface area contributed by atoms with E-state index in [0.29, 0.717) is 23.5 Å². The van der Waals surface area contributed by atoms with Gasteiger partial charge in [0.15, 0.2) is 5.78 Å². The van der Waals surface area contributed by atoms with E-state index in [1.54, 1.807) is 32.0 Å². The fourth-order valence-corrected chi connectivity index (χ4v) is 2.02. The first kappa shape index (κ1) is 13.9. The molecule has 0 amide bonds. The lowest BCUT2D eigenvalue weighted by molar-refractivity contribution is 0.0559. The van der Waals surface area contributed by atoms with Crippen LogP contribution in [0.5, 0.6) is 11.5 Å². The van der Waals surface area contributed by atoms with Gasteiger partial charge in [-0.1, -0.05) is 0 Å². The van der Waals surface area contributed by atoms with Crippen molar-refractivity contribution >= 4 is 5.78 Å². The molecular weight excluding hydrogens is 244 g/mol. The van der Waals surface area contributed by atoms with Gasteiger partial charge in [-0.3, -0.25) is 4.79 Å². The fourth-order valence-electron chi connectivity index (χ4n) is 2.02. The topological polar surface area (TPSA) is 55.8 Å². The molecular formula is C15H20O4. The van der Waals surface area contributed by atoms with E-state index in [9.17, 15) is 9.90 Å². The van der Waals surface area contributed by atoms with Gasteiger partial charge in [-0.15, -0.1) is 0 Å². The number of benzene rings is 1. The van der Waals surface area contributed by atoms with E-state index in [4.69, 9.17) is 9.47 Å². The highest BCUT2D eigenvalue weighted by molar-refractivity contribution is 6.00. The summed E-state index contributed by atoms with van der Waals surface area (Å²) in [6, 6.07) is 5.17. The van der Waals surface area contributed by atoms with Gasteiger partial charge in [0.25, 0.3) is 0 Å². The van der Waals surface area contributed by atoms with Crippen LogP contribution >= 0.6 is 0 Å². The first-order chi connectivity index (χ1) is 8.78. The molecule has 2 rings (SSSR count). The zero-order valence-electron chi connectivity index (χ0n) is 11.8. The van der Waals surface area contributed by atoms with Crippen molar-refractivity contribution in [1.29, 1.82) is 0 Å². The molecule has 0 saturated carbocycles. The van der Waals surface area contributed by atoms with Crippen LogP contribution < -0.4 is 9.47 Å². The Bertz CT molecular complexity index is 491. The quantitative estimate of drug-likeness (QED) is 0.911. The summed E-state index contributed by atoms with van der Waals surface area (Å²) in [5.74, 6) is 1.23. The Kier molecular flexibility index (Phi) is 3.54. The van der Waals surface area contributed by atoms with Crippen molar-refractivity contribution in [2.45, 2.75) is 51.9 Å². The van der Waals surface area contributed by atoms with Gasteiger partial charge in [0.1, 0.15) is 23.2 Å². The van der Waals surface area contributed by atoms with Crippen LogP contribution in [0.4, 0.5) is 0 Å². The van der Waals surface area contributed by atoms with Gasteiger partial charge in [0, 0.05) is 6.07 Å². The van der Waals surface area contributed by atoms with Gasteiger partial charge in [-0.05, 0) is 39.8 Å². The van der Waals surface area contributed by atoms with Crippen molar-refractivity contribution in [2.24, 2.45) is 0 Å². The summed E-state index contributed by atoms with van der Waals surface area (Å²) in [7, 11) is 0. The summed E-state index contributed by atoms with van der Waals surface area (Å²) in [4.78, 5) is 12.0. The summed E-state index contributed by atoms with van der Waals surface area (Å²) >= 11 is 0. The number of Topliss-reactive ketones (excluding diaryl/α,β-unsaturated/α-hetero) is 1. The summed E-state index contributed by atoms with van der Waals surface area (Å²) < 4.78 is 11.4. The molecule has 0 bridgehead atoms. The number of carbonyl (C=O) groups is 1. The van der Waals surface area contributed by atoms with Crippen LogP contribution in [0.25, 0.3) is 0 Å². The van der Waals surface area contributed by atoms with Crippen molar-refractivity contribution in [3.05, 3.63) is 23.8 Å². The highest BCUT2D eigenvalue weighted by atomic mass is 16.5. The Hall–Kier alpha value is -1.55. The van der Waals surface area contributed by atoms with Crippen molar-refractivity contribution in [1.82, 2.24) is 0 Å². The highest BCUT2D eigenvalue weighted by Gasteiger charge is 2.32. The van der Waals surface area contributed by atoms with Crippen molar-refractivity contribution < 1.29 is 19.4 Å².